The first kappa shape index (κ1) is 14.0. The zero-order valence-corrected chi connectivity index (χ0v) is 11.0. The number of ether oxygens (including phenoxy) is 1. The van der Waals surface area contributed by atoms with E-state index < -0.39 is 17.5 Å². The molecule has 3 nitrogen and oxygen atoms in total. The first-order valence-corrected chi connectivity index (χ1v) is 5.89. The fourth-order valence-corrected chi connectivity index (χ4v) is 2.08. The van der Waals surface area contributed by atoms with Crippen LogP contribution in [0.4, 0.5) is 0 Å². The Bertz CT molecular complexity index is 405. The van der Waals surface area contributed by atoms with Gasteiger partial charge >= 0.3 is 5.97 Å². The molecule has 1 N–H and O–H groups in total. The zero-order valence-electron chi connectivity index (χ0n) is 10.2. The summed E-state index contributed by atoms with van der Waals surface area (Å²) < 4.78 is 4.68. The lowest BCUT2D eigenvalue weighted by molar-refractivity contribution is -0.155. The predicted molar refractivity (Wildman–Crippen MR) is 66.8 cm³/mol. The van der Waals surface area contributed by atoms with Gasteiger partial charge in [0.15, 0.2) is 0 Å². The third-order valence-electron chi connectivity index (χ3n) is 3.13. The SMILES string of the molecule is CCC(O)(c1cccc(Cl)c1)C(C)C(=O)OC. The van der Waals surface area contributed by atoms with Crippen molar-refractivity contribution in [1.82, 2.24) is 0 Å². The first-order valence-electron chi connectivity index (χ1n) is 5.52. The summed E-state index contributed by atoms with van der Waals surface area (Å²) >= 11 is 5.90. The molecule has 0 spiro atoms. The predicted octanol–water partition coefficient (Wildman–Crippen LogP) is 2.75. The summed E-state index contributed by atoms with van der Waals surface area (Å²) in [6, 6.07) is 6.91. The van der Waals surface area contributed by atoms with Gasteiger partial charge in [0.05, 0.1) is 13.0 Å². The molecule has 0 saturated carbocycles. The van der Waals surface area contributed by atoms with E-state index in [0.29, 0.717) is 17.0 Å². The highest BCUT2D eigenvalue weighted by atomic mass is 35.5. The van der Waals surface area contributed by atoms with Crippen molar-refractivity contribution in [1.29, 1.82) is 0 Å². The van der Waals surface area contributed by atoms with Crippen LogP contribution in [0.1, 0.15) is 25.8 Å². The molecule has 1 rings (SSSR count). The fourth-order valence-electron chi connectivity index (χ4n) is 1.89. The van der Waals surface area contributed by atoms with Crippen LogP contribution in [0.15, 0.2) is 24.3 Å². The topological polar surface area (TPSA) is 46.5 Å². The van der Waals surface area contributed by atoms with Crippen LogP contribution in [0, 0.1) is 5.92 Å². The van der Waals surface area contributed by atoms with Crippen LogP contribution in [0.2, 0.25) is 5.02 Å². The van der Waals surface area contributed by atoms with E-state index in [4.69, 9.17) is 11.6 Å². The van der Waals surface area contributed by atoms with Crippen molar-refractivity contribution < 1.29 is 14.6 Å². The summed E-state index contributed by atoms with van der Waals surface area (Å²) in [5, 5.41) is 11.2. The van der Waals surface area contributed by atoms with Crippen LogP contribution in [0.25, 0.3) is 0 Å². The number of methoxy groups -OCH3 is 1. The summed E-state index contributed by atoms with van der Waals surface area (Å²) in [6.07, 6.45) is 0.406. The zero-order chi connectivity index (χ0) is 13.1. The van der Waals surface area contributed by atoms with Crippen LogP contribution >= 0.6 is 11.6 Å². The van der Waals surface area contributed by atoms with E-state index in [9.17, 15) is 9.90 Å². The Labute approximate surface area is 106 Å². The van der Waals surface area contributed by atoms with E-state index in [2.05, 4.69) is 4.74 Å². The van der Waals surface area contributed by atoms with E-state index in [-0.39, 0.29) is 0 Å². The summed E-state index contributed by atoms with van der Waals surface area (Å²) in [5.74, 6) is -1.08. The number of hydrogen-bond acceptors (Lipinski definition) is 3. The number of carbonyl (C=O) groups excluding carboxylic acids is 1. The number of aliphatic hydroxyl groups is 1. The molecule has 2 unspecified atom stereocenters. The van der Waals surface area contributed by atoms with Crippen molar-refractivity contribution in [2.75, 3.05) is 7.11 Å². The van der Waals surface area contributed by atoms with Gasteiger partial charge in [-0.25, -0.2) is 0 Å². The Balaban J connectivity index is 3.15. The van der Waals surface area contributed by atoms with E-state index in [0.717, 1.165) is 0 Å². The van der Waals surface area contributed by atoms with Crippen molar-refractivity contribution >= 4 is 17.6 Å². The molecular formula is C13H17ClO3. The highest BCUT2D eigenvalue weighted by molar-refractivity contribution is 6.30. The smallest absolute Gasteiger partial charge is 0.311 e. The molecule has 1 aromatic rings. The van der Waals surface area contributed by atoms with Gasteiger partial charge in [0.25, 0.3) is 0 Å². The van der Waals surface area contributed by atoms with E-state index in [1.807, 2.05) is 6.92 Å². The van der Waals surface area contributed by atoms with Gasteiger partial charge in [-0.1, -0.05) is 30.7 Å². The standard InChI is InChI=1S/C13H17ClO3/c1-4-13(16,9(2)12(15)17-3)10-6-5-7-11(14)8-10/h5-9,16H,4H2,1-3H3. The maximum atomic E-state index is 11.6. The van der Waals surface area contributed by atoms with Crippen LogP contribution < -0.4 is 0 Å². The number of rotatable bonds is 4. The lowest BCUT2D eigenvalue weighted by Crippen LogP contribution is -2.38. The monoisotopic (exact) mass is 256 g/mol. The molecule has 0 amide bonds. The number of carbonyl (C=O) groups is 1. The fraction of sp³-hybridized carbons (Fsp3) is 0.462. The quantitative estimate of drug-likeness (QED) is 0.843. The maximum Gasteiger partial charge on any atom is 0.311 e. The number of benzene rings is 1. The van der Waals surface area contributed by atoms with Crippen molar-refractivity contribution in [3.05, 3.63) is 34.9 Å². The number of hydrogen-bond donors (Lipinski definition) is 1. The minimum absolute atomic E-state index is 0.406. The Kier molecular flexibility index (Phi) is 4.54. The van der Waals surface area contributed by atoms with Gasteiger partial charge in [0.1, 0.15) is 5.60 Å². The van der Waals surface area contributed by atoms with Gasteiger partial charge in [-0.3, -0.25) is 4.79 Å². The molecule has 0 aliphatic rings. The van der Waals surface area contributed by atoms with Gasteiger partial charge in [0.2, 0.25) is 0 Å². The molecule has 17 heavy (non-hydrogen) atoms. The lowest BCUT2D eigenvalue weighted by atomic mass is 9.80. The third kappa shape index (κ3) is 2.79. The Morgan fingerprint density at radius 3 is 2.71 bits per heavy atom. The minimum Gasteiger partial charge on any atom is -0.469 e. The average molecular weight is 257 g/mol. The molecule has 2 atom stereocenters. The lowest BCUT2D eigenvalue weighted by Gasteiger charge is -2.32. The Morgan fingerprint density at radius 1 is 1.59 bits per heavy atom. The molecule has 0 saturated heterocycles. The molecule has 0 radical (unpaired) electrons. The van der Waals surface area contributed by atoms with Gasteiger partial charge in [-0.15, -0.1) is 0 Å². The van der Waals surface area contributed by atoms with E-state index in [1.54, 1.807) is 31.2 Å². The van der Waals surface area contributed by atoms with Crippen molar-refractivity contribution in [2.45, 2.75) is 25.9 Å². The molecule has 0 aromatic heterocycles. The molecule has 0 bridgehead atoms. The minimum atomic E-state index is -1.25. The van der Waals surface area contributed by atoms with Gasteiger partial charge in [-0.05, 0) is 31.0 Å². The number of halogens is 1. The summed E-state index contributed by atoms with van der Waals surface area (Å²) in [6.45, 7) is 3.47. The molecule has 94 valence electrons. The summed E-state index contributed by atoms with van der Waals surface area (Å²) in [4.78, 5) is 11.6. The van der Waals surface area contributed by atoms with E-state index >= 15 is 0 Å². The molecule has 0 fully saturated rings. The van der Waals surface area contributed by atoms with Gasteiger partial charge < -0.3 is 9.84 Å². The molecule has 0 aliphatic carbocycles. The summed E-state index contributed by atoms with van der Waals surface area (Å²) in [7, 11) is 1.31. The highest BCUT2D eigenvalue weighted by Crippen LogP contribution is 2.34. The normalized spacial score (nSPS) is 16.1. The number of esters is 1. The van der Waals surface area contributed by atoms with Gasteiger partial charge in [-0.2, -0.15) is 0 Å². The molecule has 0 heterocycles. The second-order valence-corrected chi connectivity index (χ2v) is 4.47. The van der Waals surface area contributed by atoms with Crippen molar-refractivity contribution in [3.8, 4) is 0 Å². The Hall–Kier alpha value is -1.06. The molecule has 0 aliphatic heterocycles. The largest absolute Gasteiger partial charge is 0.469 e. The van der Waals surface area contributed by atoms with Crippen LogP contribution in [0.5, 0.6) is 0 Å². The third-order valence-corrected chi connectivity index (χ3v) is 3.37. The van der Waals surface area contributed by atoms with Crippen LogP contribution in [-0.2, 0) is 15.1 Å². The van der Waals surface area contributed by atoms with E-state index in [1.165, 1.54) is 7.11 Å². The maximum absolute atomic E-state index is 11.6. The highest BCUT2D eigenvalue weighted by Gasteiger charge is 2.39. The van der Waals surface area contributed by atoms with Crippen LogP contribution in [0.3, 0.4) is 0 Å². The van der Waals surface area contributed by atoms with Crippen LogP contribution in [-0.4, -0.2) is 18.2 Å². The second-order valence-electron chi connectivity index (χ2n) is 4.03. The molecule has 1 aromatic carbocycles. The van der Waals surface area contributed by atoms with Crippen molar-refractivity contribution in [3.63, 3.8) is 0 Å². The second kappa shape index (κ2) is 5.52. The molecule has 4 heteroatoms. The van der Waals surface area contributed by atoms with Gasteiger partial charge in [0, 0.05) is 5.02 Å². The summed E-state index contributed by atoms with van der Waals surface area (Å²) in [5.41, 5.74) is -0.622. The average Bonchev–Trinajstić information content (AvgIpc) is 2.35. The van der Waals surface area contributed by atoms with Crippen molar-refractivity contribution in [2.24, 2.45) is 5.92 Å². The first-order chi connectivity index (χ1) is 7.95. The molecular weight excluding hydrogens is 240 g/mol. The Morgan fingerprint density at radius 2 is 2.24 bits per heavy atom.